The minimum Gasteiger partial charge on any atom is -0.292 e. The van der Waals surface area contributed by atoms with Gasteiger partial charge < -0.3 is 0 Å². The van der Waals surface area contributed by atoms with Crippen molar-refractivity contribution in [1.29, 1.82) is 0 Å². The average molecular weight is 291 g/mol. The van der Waals surface area contributed by atoms with Crippen molar-refractivity contribution in [1.82, 2.24) is 4.90 Å². The Labute approximate surface area is 122 Å². The third-order valence-corrected chi connectivity index (χ3v) is 4.00. The summed E-state index contributed by atoms with van der Waals surface area (Å²) < 4.78 is 40.0. The highest BCUT2D eigenvalue weighted by atomic mass is 19.1. The van der Waals surface area contributed by atoms with Crippen LogP contribution in [-0.4, -0.2) is 11.4 Å². The van der Waals surface area contributed by atoms with Crippen molar-refractivity contribution in [3.05, 3.63) is 71.0 Å². The molecule has 0 aliphatic carbocycles. The number of hydrogen-bond acceptors (Lipinski definition) is 1. The van der Waals surface area contributed by atoms with E-state index in [-0.39, 0.29) is 17.7 Å². The Morgan fingerprint density at radius 3 is 2.43 bits per heavy atom. The minimum absolute atomic E-state index is 0.133. The van der Waals surface area contributed by atoms with E-state index in [0.29, 0.717) is 12.1 Å². The van der Waals surface area contributed by atoms with E-state index in [4.69, 9.17) is 0 Å². The van der Waals surface area contributed by atoms with Gasteiger partial charge in [0.15, 0.2) is 0 Å². The van der Waals surface area contributed by atoms with Gasteiger partial charge in [0.2, 0.25) is 0 Å². The molecule has 1 aliphatic rings. The topological polar surface area (TPSA) is 3.24 Å². The fraction of sp³-hybridized carbons (Fsp3) is 0.294. The third kappa shape index (κ3) is 3.10. The smallest absolute Gasteiger partial charge is 0.127 e. The van der Waals surface area contributed by atoms with Gasteiger partial charge >= 0.3 is 0 Å². The third-order valence-electron chi connectivity index (χ3n) is 4.00. The number of rotatable bonds is 3. The number of halogens is 3. The minimum atomic E-state index is -0.427. The molecule has 1 fully saturated rings. The summed E-state index contributed by atoms with van der Waals surface area (Å²) in [5, 5.41) is 0. The zero-order chi connectivity index (χ0) is 14.8. The summed E-state index contributed by atoms with van der Waals surface area (Å²) in [5.41, 5.74) is 1.38. The second-order valence-corrected chi connectivity index (χ2v) is 5.42. The lowest BCUT2D eigenvalue weighted by Gasteiger charge is -2.25. The molecule has 0 saturated carbocycles. The molecule has 4 heteroatoms. The summed E-state index contributed by atoms with van der Waals surface area (Å²) in [6.45, 7) is 1.20. The second kappa shape index (κ2) is 5.90. The molecule has 1 heterocycles. The largest absolute Gasteiger partial charge is 0.292 e. The Morgan fingerprint density at radius 2 is 1.67 bits per heavy atom. The van der Waals surface area contributed by atoms with Gasteiger partial charge in [-0.3, -0.25) is 4.90 Å². The van der Waals surface area contributed by atoms with E-state index in [2.05, 4.69) is 4.90 Å². The quantitative estimate of drug-likeness (QED) is 0.808. The highest BCUT2D eigenvalue weighted by Crippen LogP contribution is 2.33. The lowest BCUT2D eigenvalue weighted by Crippen LogP contribution is -2.23. The molecular formula is C17H16F3N. The van der Waals surface area contributed by atoms with Crippen LogP contribution in [0.4, 0.5) is 13.2 Å². The summed E-state index contributed by atoms with van der Waals surface area (Å²) in [7, 11) is 0. The molecule has 1 nitrogen and oxygen atoms in total. The molecule has 2 aromatic rings. The average Bonchev–Trinajstić information content (AvgIpc) is 2.92. The molecule has 1 atom stereocenters. The van der Waals surface area contributed by atoms with Crippen molar-refractivity contribution in [3.8, 4) is 0 Å². The van der Waals surface area contributed by atoms with E-state index < -0.39 is 5.82 Å². The van der Waals surface area contributed by atoms with E-state index in [9.17, 15) is 13.2 Å². The van der Waals surface area contributed by atoms with Crippen LogP contribution in [-0.2, 0) is 6.54 Å². The first kappa shape index (κ1) is 14.1. The van der Waals surface area contributed by atoms with Crippen LogP contribution in [0.15, 0.2) is 42.5 Å². The van der Waals surface area contributed by atoms with Gasteiger partial charge in [0, 0.05) is 18.2 Å². The lowest BCUT2D eigenvalue weighted by atomic mass is 10.0. The van der Waals surface area contributed by atoms with Crippen LogP contribution in [0.1, 0.15) is 30.0 Å². The van der Waals surface area contributed by atoms with Gasteiger partial charge in [-0.2, -0.15) is 0 Å². The van der Waals surface area contributed by atoms with Crippen molar-refractivity contribution in [2.75, 3.05) is 6.54 Å². The summed E-state index contributed by atoms with van der Waals surface area (Å²) in [4.78, 5) is 2.12. The van der Waals surface area contributed by atoms with E-state index in [1.165, 1.54) is 18.2 Å². The van der Waals surface area contributed by atoms with E-state index in [1.807, 2.05) is 0 Å². The highest BCUT2D eigenvalue weighted by molar-refractivity contribution is 5.23. The molecule has 110 valence electrons. The first-order valence-electron chi connectivity index (χ1n) is 7.07. The monoisotopic (exact) mass is 291 g/mol. The first-order chi connectivity index (χ1) is 10.1. The maximum Gasteiger partial charge on any atom is 0.127 e. The summed E-state index contributed by atoms with van der Waals surface area (Å²) in [6, 6.07) is 10.1. The number of hydrogen-bond donors (Lipinski definition) is 0. The number of benzene rings is 2. The summed E-state index contributed by atoms with van der Waals surface area (Å²) in [6.07, 6.45) is 1.95. The van der Waals surface area contributed by atoms with Crippen LogP contribution in [0.2, 0.25) is 0 Å². The molecule has 2 aromatic carbocycles. The Balaban J connectivity index is 1.81. The van der Waals surface area contributed by atoms with Gasteiger partial charge in [-0.05, 0) is 55.3 Å². The molecule has 3 rings (SSSR count). The Hall–Kier alpha value is -1.81. The molecule has 0 spiro atoms. The zero-order valence-corrected chi connectivity index (χ0v) is 11.5. The van der Waals surface area contributed by atoms with Crippen molar-refractivity contribution in [3.63, 3.8) is 0 Å². The lowest BCUT2D eigenvalue weighted by molar-refractivity contribution is 0.244. The fourth-order valence-electron chi connectivity index (χ4n) is 2.96. The highest BCUT2D eigenvalue weighted by Gasteiger charge is 2.26. The normalized spacial score (nSPS) is 19.1. The second-order valence-electron chi connectivity index (χ2n) is 5.42. The first-order valence-corrected chi connectivity index (χ1v) is 7.07. The Bertz CT molecular complexity index is 624. The SMILES string of the molecule is Fc1ccc([C@@H]2CCCN2Cc2cc(F)ccc2F)cc1. The molecule has 1 saturated heterocycles. The van der Waals surface area contributed by atoms with Crippen LogP contribution < -0.4 is 0 Å². The number of likely N-dealkylation sites (tertiary alicyclic amines) is 1. The molecule has 0 aromatic heterocycles. The maximum atomic E-state index is 13.8. The zero-order valence-electron chi connectivity index (χ0n) is 11.5. The molecular weight excluding hydrogens is 275 g/mol. The van der Waals surface area contributed by atoms with Crippen LogP contribution in [0.25, 0.3) is 0 Å². The fourth-order valence-corrected chi connectivity index (χ4v) is 2.96. The number of nitrogens with zero attached hydrogens (tertiary/aromatic N) is 1. The van der Waals surface area contributed by atoms with Gasteiger partial charge in [-0.15, -0.1) is 0 Å². The predicted octanol–water partition coefficient (Wildman–Crippen LogP) is 4.44. The molecule has 0 N–H and O–H groups in total. The molecule has 21 heavy (non-hydrogen) atoms. The molecule has 0 amide bonds. The Morgan fingerprint density at radius 1 is 0.952 bits per heavy atom. The standard InChI is InChI=1S/C17H16F3N/c18-14-5-3-12(4-6-14)17-2-1-9-21(17)11-13-10-15(19)7-8-16(13)20/h3-8,10,17H,1-2,9,11H2/t17-/m0/s1. The van der Waals surface area contributed by atoms with Crippen LogP contribution in [0.3, 0.4) is 0 Å². The van der Waals surface area contributed by atoms with E-state index >= 15 is 0 Å². The van der Waals surface area contributed by atoms with Gasteiger partial charge in [-0.25, -0.2) is 13.2 Å². The summed E-state index contributed by atoms with van der Waals surface area (Å²) in [5.74, 6) is -1.08. The van der Waals surface area contributed by atoms with Crippen LogP contribution >= 0.6 is 0 Å². The maximum absolute atomic E-state index is 13.8. The molecule has 1 aliphatic heterocycles. The predicted molar refractivity (Wildman–Crippen MR) is 75.1 cm³/mol. The Kier molecular flexibility index (Phi) is 3.97. The van der Waals surface area contributed by atoms with Crippen molar-refractivity contribution in [2.45, 2.75) is 25.4 Å². The van der Waals surface area contributed by atoms with Crippen LogP contribution in [0, 0.1) is 17.5 Å². The summed E-state index contributed by atoms with van der Waals surface area (Å²) >= 11 is 0. The van der Waals surface area contributed by atoms with Crippen molar-refractivity contribution >= 4 is 0 Å². The van der Waals surface area contributed by atoms with Gasteiger partial charge in [0.25, 0.3) is 0 Å². The van der Waals surface area contributed by atoms with Gasteiger partial charge in [-0.1, -0.05) is 12.1 Å². The van der Waals surface area contributed by atoms with Crippen molar-refractivity contribution in [2.24, 2.45) is 0 Å². The van der Waals surface area contributed by atoms with E-state index in [1.54, 1.807) is 12.1 Å². The molecule has 0 radical (unpaired) electrons. The van der Waals surface area contributed by atoms with Crippen molar-refractivity contribution < 1.29 is 13.2 Å². The van der Waals surface area contributed by atoms with Crippen LogP contribution in [0.5, 0.6) is 0 Å². The van der Waals surface area contributed by atoms with Gasteiger partial charge in [0.05, 0.1) is 0 Å². The van der Waals surface area contributed by atoms with E-state index in [0.717, 1.165) is 37.1 Å². The molecule has 0 unspecified atom stereocenters. The van der Waals surface area contributed by atoms with Gasteiger partial charge in [0.1, 0.15) is 17.5 Å². The molecule has 0 bridgehead atoms.